The molecule has 0 radical (unpaired) electrons. The molecule has 1 N–H and O–H groups in total. The summed E-state index contributed by atoms with van der Waals surface area (Å²) in [7, 11) is 2.00. The molecule has 3 heteroatoms. The van der Waals surface area contributed by atoms with Crippen LogP contribution in [0.2, 0.25) is 0 Å². The fraction of sp³-hybridized carbons (Fsp3) is 0.722. The fourth-order valence-electron chi connectivity index (χ4n) is 2.63. The molecule has 0 aliphatic carbocycles. The van der Waals surface area contributed by atoms with E-state index in [-0.39, 0.29) is 0 Å². The largest absolute Gasteiger partial charge is 0.356 e. The summed E-state index contributed by atoms with van der Waals surface area (Å²) in [5, 5.41) is 3.25. The Balaban J connectivity index is 3.08. The highest BCUT2D eigenvalue weighted by Crippen LogP contribution is 2.19. The molecule has 1 heterocycles. The van der Waals surface area contributed by atoms with Crippen molar-refractivity contribution in [1.29, 1.82) is 0 Å². The standard InChI is InChI=1S/C18H33N3/c1-7-8-17-9-16(11-19-6)10-18(20-17)21(12-14(2)3)13-15(4)5/h9-10,14-15,19H,7-8,11-13H2,1-6H3. The Morgan fingerprint density at radius 3 is 2.19 bits per heavy atom. The second-order valence-electron chi connectivity index (χ2n) is 6.80. The Hall–Kier alpha value is -1.09. The van der Waals surface area contributed by atoms with E-state index in [1.165, 1.54) is 11.3 Å². The van der Waals surface area contributed by atoms with Gasteiger partial charge in [0.15, 0.2) is 0 Å². The highest BCUT2D eigenvalue weighted by atomic mass is 15.2. The molecule has 0 aliphatic heterocycles. The average molecular weight is 291 g/mol. The van der Waals surface area contributed by atoms with Crippen LogP contribution < -0.4 is 10.2 Å². The van der Waals surface area contributed by atoms with Crippen LogP contribution in [-0.2, 0) is 13.0 Å². The number of nitrogens with zero attached hydrogens (tertiary/aromatic N) is 2. The van der Waals surface area contributed by atoms with Crippen LogP contribution in [-0.4, -0.2) is 25.1 Å². The predicted molar refractivity (Wildman–Crippen MR) is 92.9 cm³/mol. The molecule has 0 fully saturated rings. The van der Waals surface area contributed by atoms with E-state index in [2.05, 4.69) is 57.0 Å². The van der Waals surface area contributed by atoms with Gasteiger partial charge in [0.05, 0.1) is 0 Å². The first-order chi connectivity index (χ1) is 9.96. The molecule has 0 amide bonds. The first-order valence-electron chi connectivity index (χ1n) is 8.35. The van der Waals surface area contributed by atoms with E-state index in [4.69, 9.17) is 4.98 Å². The maximum Gasteiger partial charge on any atom is 0.129 e. The van der Waals surface area contributed by atoms with Gasteiger partial charge in [0.1, 0.15) is 5.82 Å². The number of pyridine rings is 1. The van der Waals surface area contributed by atoms with Crippen molar-refractivity contribution in [2.75, 3.05) is 25.0 Å². The number of aryl methyl sites for hydroxylation is 1. The van der Waals surface area contributed by atoms with Gasteiger partial charge >= 0.3 is 0 Å². The summed E-state index contributed by atoms with van der Waals surface area (Å²) in [6.45, 7) is 14.4. The Morgan fingerprint density at radius 2 is 1.71 bits per heavy atom. The molecule has 3 nitrogen and oxygen atoms in total. The van der Waals surface area contributed by atoms with Gasteiger partial charge in [-0.05, 0) is 43.0 Å². The molecule has 0 saturated carbocycles. The molecule has 0 spiro atoms. The lowest BCUT2D eigenvalue weighted by Crippen LogP contribution is -2.32. The molecule has 0 unspecified atom stereocenters. The minimum Gasteiger partial charge on any atom is -0.356 e. The van der Waals surface area contributed by atoms with Gasteiger partial charge in [-0.3, -0.25) is 0 Å². The SMILES string of the molecule is CCCc1cc(CNC)cc(N(CC(C)C)CC(C)C)n1. The molecular formula is C18H33N3. The van der Waals surface area contributed by atoms with Crippen molar-refractivity contribution in [2.45, 2.75) is 54.0 Å². The predicted octanol–water partition coefficient (Wildman–Crippen LogP) is 3.87. The van der Waals surface area contributed by atoms with Crippen LogP contribution in [0.5, 0.6) is 0 Å². The summed E-state index contributed by atoms with van der Waals surface area (Å²) in [5.74, 6) is 2.44. The first kappa shape index (κ1) is 18.0. The molecule has 0 saturated heterocycles. The number of aromatic nitrogens is 1. The number of anilines is 1. The molecule has 0 aliphatic rings. The zero-order valence-electron chi connectivity index (χ0n) is 14.7. The quantitative estimate of drug-likeness (QED) is 0.748. The topological polar surface area (TPSA) is 28.2 Å². The Bertz CT molecular complexity index is 379. The van der Waals surface area contributed by atoms with Gasteiger partial charge in [0, 0.05) is 25.3 Å². The van der Waals surface area contributed by atoms with E-state index in [0.29, 0.717) is 11.8 Å². The zero-order chi connectivity index (χ0) is 15.8. The van der Waals surface area contributed by atoms with Crippen LogP contribution in [0, 0.1) is 11.8 Å². The van der Waals surface area contributed by atoms with E-state index in [1.807, 2.05) is 7.05 Å². The smallest absolute Gasteiger partial charge is 0.129 e. The molecule has 0 atom stereocenters. The lowest BCUT2D eigenvalue weighted by atomic mass is 10.1. The third-order valence-electron chi connectivity index (χ3n) is 3.31. The highest BCUT2D eigenvalue weighted by molar-refractivity contribution is 5.43. The summed E-state index contributed by atoms with van der Waals surface area (Å²) >= 11 is 0. The molecular weight excluding hydrogens is 258 g/mol. The summed E-state index contributed by atoms with van der Waals surface area (Å²) < 4.78 is 0. The van der Waals surface area contributed by atoms with E-state index in [9.17, 15) is 0 Å². The van der Waals surface area contributed by atoms with Crippen LogP contribution in [0.4, 0.5) is 5.82 Å². The van der Waals surface area contributed by atoms with Crippen molar-refractivity contribution in [1.82, 2.24) is 10.3 Å². The van der Waals surface area contributed by atoms with Crippen molar-refractivity contribution >= 4 is 5.82 Å². The number of hydrogen-bond donors (Lipinski definition) is 1. The van der Waals surface area contributed by atoms with Gasteiger partial charge < -0.3 is 10.2 Å². The lowest BCUT2D eigenvalue weighted by molar-refractivity contribution is 0.547. The summed E-state index contributed by atoms with van der Waals surface area (Å²) in [5.41, 5.74) is 2.56. The van der Waals surface area contributed by atoms with Crippen molar-refractivity contribution in [3.8, 4) is 0 Å². The van der Waals surface area contributed by atoms with Crippen LogP contribution in [0.1, 0.15) is 52.3 Å². The minimum absolute atomic E-state index is 0.646. The monoisotopic (exact) mass is 291 g/mol. The minimum atomic E-state index is 0.646. The molecule has 0 aromatic carbocycles. The zero-order valence-corrected chi connectivity index (χ0v) is 14.7. The van der Waals surface area contributed by atoms with Gasteiger partial charge in [-0.1, -0.05) is 41.0 Å². The van der Waals surface area contributed by atoms with Crippen molar-refractivity contribution in [3.05, 3.63) is 23.4 Å². The lowest BCUT2D eigenvalue weighted by Gasteiger charge is -2.28. The van der Waals surface area contributed by atoms with Crippen LogP contribution in [0.15, 0.2) is 12.1 Å². The van der Waals surface area contributed by atoms with E-state index >= 15 is 0 Å². The van der Waals surface area contributed by atoms with Gasteiger partial charge in [0.2, 0.25) is 0 Å². The van der Waals surface area contributed by atoms with Crippen molar-refractivity contribution in [2.24, 2.45) is 11.8 Å². The number of nitrogens with one attached hydrogen (secondary N) is 1. The molecule has 120 valence electrons. The maximum atomic E-state index is 4.91. The van der Waals surface area contributed by atoms with E-state index in [0.717, 1.165) is 38.3 Å². The third kappa shape index (κ3) is 6.47. The third-order valence-corrected chi connectivity index (χ3v) is 3.31. The second-order valence-corrected chi connectivity index (χ2v) is 6.80. The number of hydrogen-bond acceptors (Lipinski definition) is 3. The normalized spacial score (nSPS) is 11.4. The fourth-order valence-corrected chi connectivity index (χ4v) is 2.63. The van der Waals surface area contributed by atoms with Crippen LogP contribution in [0.3, 0.4) is 0 Å². The molecule has 0 bridgehead atoms. The molecule has 1 aromatic rings. The van der Waals surface area contributed by atoms with Crippen LogP contribution in [0.25, 0.3) is 0 Å². The van der Waals surface area contributed by atoms with Crippen molar-refractivity contribution in [3.63, 3.8) is 0 Å². The maximum absolute atomic E-state index is 4.91. The van der Waals surface area contributed by atoms with Crippen LogP contribution >= 0.6 is 0 Å². The Morgan fingerprint density at radius 1 is 1.10 bits per heavy atom. The highest BCUT2D eigenvalue weighted by Gasteiger charge is 2.13. The van der Waals surface area contributed by atoms with Gasteiger partial charge in [-0.15, -0.1) is 0 Å². The number of rotatable bonds is 9. The average Bonchev–Trinajstić information content (AvgIpc) is 2.37. The van der Waals surface area contributed by atoms with Gasteiger partial charge in [-0.2, -0.15) is 0 Å². The molecule has 1 rings (SSSR count). The Labute approximate surface area is 131 Å². The Kier molecular flexibility index (Phi) is 7.73. The van der Waals surface area contributed by atoms with Crippen molar-refractivity contribution < 1.29 is 0 Å². The summed E-state index contributed by atoms with van der Waals surface area (Å²) in [6.07, 6.45) is 2.20. The first-order valence-corrected chi connectivity index (χ1v) is 8.35. The second kappa shape index (κ2) is 9.04. The summed E-state index contributed by atoms with van der Waals surface area (Å²) in [4.78, 5) is 7.36. The van der Waals surface area contributed by atoms with E-state index in [1.54, 1.807) is 0 Å². The molecule has 21 heavy (non-hydrogen) atoms. The molecule has 1 aromatic heterocycles. The summed E-state index contributed by atoms with van der Waals surface area (Å²) in [6, 6.07) is 4.49. The van der Waals surface area contributed by atoms with Gasteiger partial charge in [-0.25, -0.2) is 4.98 Å². The van der Waals surface area contributed by atoms with E-state index < -0.39 is 0 Å². The van der Waals surface area contributed by atoms with Gasteiger partial charge in [0.25, 0.3) is 0 Å².